The van der Waals surface area contributed by atoms with E-state index < -0.39 is 5.60 Å². The number of fused-ring (bicyclic) bond motifs is 1. The average molecular weight is 314 g/mol. The maximum absolute atomic E-state index is 12.4. The van der Waals surface area contributed by atoms with E-state index in [0.717, 1.165) is 12.4 Å². The number of carbonyl (C=O) groups is 1. The third-order valence-corrected chi connectivity index (χ3v) is 4.67. The molecule has 0 amide bonds. The zero-order valence-corrected chi connectivity index (χ0v) is 13.9. The van der Waals surface area contributed by atoms with Gasteiger partial charge in [0.15, 0.2) is 5.65 Å². The zero-order valence-electron chi connectivity index (χ0n) is 13.9. The van der Waals surface area contributed by atoms with E-state index in [2.05, 4.69) is 10.00 Å². The van der Waals surface area contributed by atoms with Crippen LogP contribution in [0.15, 0.2) is 18.5 Å². The van der Waals surface area contributed by atoms with Crippen LogP contribution in [0.2, 0.25) is 0 Å². The number of hydrogen-bond donors (Lipinski definition) is 0. The molecule has 1 aliphatic carbocycles. The fraction of sp³-hybridized carbons (Fsp3) is 0.588. The predicted molar refractivity (Wildman–Crippen MR) is 86.7 cm³/mol. The first-order chi connectivity index (χ1) is 10.9. The Balaban J connectivity index is 1.70. The maximum Gasteiger partial charge on any atom is 0.344 e. The molecular formula is C17H22N4O2. The van der Waals surface area contributed by atoms with Gasteiger partial charge in [-0.25, -0.2) is 14.3 Å². The lowest BCUT2D eigenvalue weighted by Crippen LogP contribution is -2.31. The predicted octanol–water partition coefficient (Wildman–Crippen LogP) is 2.82. The first-order valence-electron chi connectivity index (χ1n) is 8.23. The molecule has 0 aromatic carbocycles. The summed E-state index contributed by atoms with van der Waals surface area (Å²) in [6.45, 7) is 6.61. The molecule has 3 heterocycles. The molecule has 1 spiro atoms. The molecule has 2 fully saturated rings. The van der Waals surface area contributed by atoms with Crippen molar-refractivity contribution in [3.8, 4) is 0 Å². The normalized spacial score (nSPS) is 19.5. The minimum atomic E-state index is -0.532. The van der Waals surface area contributed by atoms with Crippen LogP contribution < -0.4 is 4.90 Å². The van der Waals surface area contributed by atoms with Gasteiger partial charge in [0.05, 0.1) is 6.20 Å². The van der Waals surface area contributed by atoms with E-state index >= 15 is 0 Å². The number of carbonyl (C=O) groups excluding carboxylic acids is 1. The number of aromatic nitrogens is 3. The first kappa shape index (κ1) is 14.5. The van der Waals surface area contributed by atoms with E-state index in [-0.39, 0.29) is 5.97 Å². The highest BCUT2D eigenvalue weighted by Gasteiger charge is 2.51. The second-order valence-corrected chi connectivity index (χ2v) is 7.59. The van der Waals surface area contributed by atoms with E-state index in [1.807, 2.05) is 33.0 Å². The van der Waals surface area contributed by atoms with Gasteiger partial charge in [-0.1, -0.05) is 0 Å². The van der Waals surface area contributed by atoms with E-state index in [9.17, 15) is 4.79 Å². The molecular weight excluding hydrogens is 292 g/mol. The minimum absolute atomic E-state index is 0.331. The lowest BCUT2D eigenvalue weighted by molar-refractivity contribution is 0.00716. The number of rotatable bonds is 2. The Morgan fingerprint density at radius 3 is 2.78 bits per heavy atom. The van der Waals surface area contributed by atoms with Crippen molar-refractivity contribution in [3.63, 3.8) is 0 Å². The summed E-state index contributed by atoms with van der Waals surface area (Å²) in [5.74, 6) is 0.567. The van der Waals surface area contributed by atoms with Gasteiger partial charge in [-0.15, -0.1) is 0 Å². The molecule has 0 bridgehead atoms. The minimum Gasteiger partial charge on any atom is -0.456 e. The highest BCUT2D eigenvalue weighted by atomic mass is 16.6. The fourth-order valence-electron chi connectivity index (χ4n) is 3.45. The van der Waals surface area contributed by atoms with Crippen molar-refractivity contribution in [2.24, 2.45) is 0 Å². The number of ether oxygens (including phenoxy) is 1. The monoisotopic (exact) mass is 314 g/mol. The van der Waals surface area contributed by atoms with Gasteiger partial charge in [-0.3, -0.25) is 0 Å². The summed E-state index contributed by atoms with van der Waals surface area (Å²) in [5, 5.41) is 4.22. The molecule has 0 atom stereocenters. The van der Waals surface area contributed by atoms with Gasteiger partial charge in [0.1, 0.15) is 17.0 Å². The summed E-state index contributed by atoms with van der Waals surface area (Å²) in [4.78, 5) is 19.5. The van der Waals surface area contributed by atoms with Crippen molar-refractivity contribution in [3.05, 3.63) is 24.0 Å². The van der Waals surface area contributed by atoms with Crippen LogP contribution in [0.4, 0.5) is 5.82 Å². The smallest absolute Gasteiger partial charge is 0.344 e. The van der Waals surface area contributed by atoms with Crippen LogP contribution in [0.3, 0.4) is 0 Å². The lowest BCUT2D eigenvalue weighted by atomic mass is 10.2. The molecule has 0 N–H and O–H groups in total. The van der Waals surface area contributed by atoms with Gasteiger partial charge < -0.3 is 9.64 Å². The zero-order chi connectivity index (χ0) is 16.2. The third kappa shape index (κ3) is 2.46. The number of esters is 1. The van der Waals surface area contributed by atoms with Gasteiger partial charge in [0, 0.05) is 18.3 Å². The van der Waals surface area contributed by atoms with E-state index in [1.54, 1.807) is 4.52 Å². The van der Waals surface area contributed by atoms with E-state index in [0.29, 0.717) is 16.7 Å². The molecule has 1 saturated heterocycles. The van der Waals surface area contributed by atoms with Crippen LogP contribution in [0, 0.1) is 0 Å². The molecule has 1 saturated carbocycles. The number of anilines is 1. The molecule has 122 valence electrons. The molecule has 6 nitrogen and oxygen atoms in total. The highest BCUT2D eigenvalue weighted by molar-refractivity contribution is 5.96. The van der Waals surface area contributed by atoms with Crippen molar-refractivity contribution in [2.75, 3.05) is 11.4 Å². The summed E-state index contributed by atoms with van der Waals surface area (Å²) < 4.78 is 7.10. The van der Waals surface area contributed by atoms with E-state index in [4.69, 9.17) is 9.72 Å². The van der Waals surface area contributed by atoms with Crippen LogP contribution >= 0.6 is 0 Å². The molecule has 2 aromatic rings. The van der Waals surface area contributed by atoms with Crippen molar-refractivity contribution in [1.29, 1.82) is 0 Å². The quantitative estimate of drug-likeness (QED) is 0.798. The maximum atomic E-state index is 12.4. The van der Waals surface area contributed by atoms with Gasteiger partial charge in [0.2, 0.25) is 0 Å². The van der Waals surface area contributed by atoms with Crippen LogP contribution in [0.1, 0.15) is 56.8 Å². The average Bonchev–Trinajstić information content (AvgIpc) is 2.93. The Bertz CT molecular complexity index is 770. The number of hydrogen-bond acceptors (Lipinski definition) is 5. The Labute approximate surface area is 135 Å². The van der Waals surface area contributed by atoms with Gasteiger partial charge in [0.25, 0.3) is 0 Å². The Morgan fingerprint density at radius 1 is 1.30 bits per heavy atom. The third-order valence-electron chi connectivity index (χ3n) is 4.67. The standard InChI is InChI=1S/C17H22N4O2/c1-16(2,3)23-15(22)12-11-18-21-10-5-13(19-14(12)21)20-9-4-6-17(20)7-8-17/h5,10-11H,4,6-9H2,1-3H3. The van der Waals surface area contributed by atoms with Crippen molar-refractivity contribution in [2.45, 2.75) is 57.6 Å². The SMILES string of the molecule is CC(C)(C)OC(=O)c1cnn2ccc(N3CCCC34CC4)nc12. The van der Waals surface area contributed by atoms with E-state index in [1.165, 1.54) is 31.9 Å². The van der Waals surface area contributed by atoms with Gasteiger partial charge in [-0.05, 0) is 52.5 Å². The Kier molecular flexibility index (Phi) is 2.95. The molecule has 0 unspecified atom stereocenters. The summed E-state index contributed by atoms with van der Waals surface area (Å²) in [6.07, 6.45) is 8.37. The van der Waals surface area contributed by atoms with Crippen LogP contribution in [-0.2, 0) is 4.74 Å². The summed E-state index contributed by atoms with van der Waals surface area (Å²) in [6, 6.07) is 1.99. The summed E-state index contributed by atoms with van der Waals surface area (Å²) in [7, 11) is 0. The first-order valence-corrected chi connectivity index (χ1v) is 8.23. The molecule has 6 heteroatoms. The van der Waals surface area contributed by atoms with Crippen LogP contribution in [0.5, 0.6) is 0 Å². The van der Waals surface area contributed by atoms with Crippen molar-refractivity contribution >= 4 is 17.4 Å². The van der Waals surface area contributed by atoms with Crippen LogP contribution in [-0.4, -0.2) is 38.3 Å². The molecule has 2 aliphatic rings. The van der Waals surface area contributed by atoms with Gasteiger partial charge in [-0.2, -0.15) is 5.10 Å². The second kappa shape index (κ2) is 4.69. The van der Waals surface area contributed by atoms with Crippen molar-refractivity contribution < 1.29 is 9.53 Å². The molecule has 1 aliphatic heterocycles. The van der Waals surface area contributed by atoms with Crippen LogP contribution in [0.25, 0.3) is 5.65 Å². The summed E-state index contributed by atoms with van der Waals surface area (Å²) in [5.41, 5.74) is 0.790. The largest absolute Gasteiger partial charge is 0.456 e. The van der Waals surface area contributed by atoms with Gasteiger partial charge >= 0.3 is 5.97 Å². The molecule has 23 heavy (non-hydrogen) atoms. The highest BCUT2D eigenvalue weighted by Crippen LogP contribution is 2.50. The Morgan fingerprint density at radius 2 is 2.09 bits per heavy atom. The number of nitrogens with zero attached hydrogens (tertiary/aromatic N) is 4. The molecule has 4 rings (SSSR count). The van der Waals surface area contributed by atoms with Crippen molar-refractivity contribution in [1.82, 2.24) is 14.6 Å². The molecule has 0 radical (unpaired) electrons. The topological polar surface area (TPSA) is 59.7 Å². The summed E-state index contributed by atoms with van der Waals surface area (Å²) >= 11 is 0. The Hall–Kier alpha value is -2.11. The fourth-order valence-corrected chi connectivity index (χ4v) is 3.45. The second-order valence-electron chi connectivity index (χ2n) is 7.59. The molecule has 2 aromatic heterocycles. The lowest BCUT2D eigenvalue weighted by Gasteiger charge is -2.25.